The topological polar surface area (TPSA) is 59.2 Å². The van der Waals surface area contributed by atoms with Crippen molar-refractivity contribution in [3.63, 3.8) is 0 Å². The second kappa shape index (κ2) is 7.34. The van der Waals surface area contributed by atoms with Crippen LogP contribution >= 0.6 is 0 Å². The van der Waals surface area contributed by atoms with Crippen LogP contribution < -0.4 is 0 Å². The maximum atomic E-state index is 13.1. The Balaban J connectivity index is 1.63. The first-order chi connectivity index (χ1) is 13.4. The minimum Gasteiger partial charge on any atom is -0.421 e. The fraction of sp³-hybridized carbons (Fsp3) is 0.500. The Labute approximate surface area is 161 Å². The van der Waals surface area contributed by atoms with E-state index < -0.39 is 43.2 Å². The molecule has 29 heavy (non-hydrogen) atoms. The van der Waals surface area contributed by atoms with Gasteiger partial charge in [0.05, 0.1) is 0 Å². The fourth-order valence-corrected chi connectivity index (χ4v) is 3.19. The number of aromatic nitrogens is 2. The lowest BCUT2D eigenvalue weighted by molar-refractivity contribution is -0.334. The lowest BCUT2D eigenvalue weighted by Gasteiger charge is -2.33. The lowest BCUT2D eigenvalue weighted by Crippen LogP contribution is -2.52. The lowest BCUT2D eigenvalue weighted by atomic mass is 9.85. The van der Waals surface area contributed by atoms with Crippen molar-refractivity contribution in [3.8, 4) is 11.5 Å². The zero-order chi connectivity index (χ0) is 21.4. The van der Waals surface area contributed by atoms with Crippen molar-refractivity contribution >= 4 is 5.91 Å². The van der Waals surface area contributed by atoms with Crippen LogP contribution in [0.15, 0.2) is 28.7 Å². The van der Waals surface area contributed by atoms with Crippen LogP contribution in [0.5, 0.6) is 0 Å². The van der Waals surface area contributed by atoms with Gasteiger partial charge in [-0.1, -0.05) is 17.7 Å². The molecule has 11 heteroatoms. The Morgan fingerprint density at radius 2 is 1.72 bits per heavy atom. The zero-order valence-corrected chi connectivity index (χ0v) is 15.3. The third kappa shape index (κ3) is 4.08. The van der Waals surface area contributed by atoms with E-state index in [0.29, 0.717) is 10.5 Å². The number of alkyl halides is 6. The molecule has 1 saturated heterocycles. The van der Waals surface area contributed by atoms with Gasteiger partial charge in [0.25, 0.3) is 0 Å². The third-order valence-corrected chi connectivity index (χ3v) is 5.03. The van der Waals surface area contributed by atoms with Gasteiger partial charge in [-0.3, -0.25) is 4.79 Å². The Bertz CT molecular complexity index is 859. The molecule has 1 aliphatic rings. The molecule has 158 valence electrons. The molecule has 2 aromatic rings. The number of carbonyl (C=O) groups is 1. The molecule has 1 aromatic heterocycles. The number of amides is 1. The van der Waals surface area contributed by atoms with Gasteiger partial charge < -0.3 is 9.32 Å². The third-order valence-electron chi connectivity index (χ3n) is 5.03. The first-order valence-corrected chi connectivity index (χ1v) is 8.74. The molecule has 1 aromatic carbocycles. The molecule has 1 fully saturated rings. The van der Waals surface area contributed by atoms with E-state index in [4.69, 9.17) is 4.42 Å². The molecule has 0 bridgehead atoms. The van der Waals surface area contributed by atoms with Gasteiger partial charge in [0.15, 0.2) is 5.41 Å². The van der Waals surface area contributed by atoms with Gasteiger partial charge in [0, 0.05) is 31.5 Å². The molecule has 3 rings (SSSR count). The minimum atomic E-state index is -5.49. The summed E-state index contributed by atoms with van der Waals surface area (Å²) in [6.07, 6.45) is -12.6. The average molecular weight is 421 g/mol. The van der Waals surface area contributed by atoms with E-state index in [2.05, 4.69) is 10.2 Å². The highest BCUT2D eigenvalue weighted by molar-refractivity contribution is 5.76. The van der Waals surface area contributed by atoms with Crippen LogP contribution in [-0.4, -0.2) is 46.4 Å². The molecule has 0 radical (unpaired) electrons. The van der Waals surface area contributed by atoms with Gasteiger partial charge in [-0.2, -0.15) is 26.3 Å². The quantitative estimate of drug-likeness (QED) is 0.690. The van der Waals surface area contributed by atoms with Gasteiger partial charge in [-0.25, -0.2) is 0 Å². The molecular formula is C18H17F6N3O2. The first-order valence-electron chi connectivity index (χ1n) is 8.74. The smallest absolute Gasteiger partial charge is 0.404 e. The van der Waals surface area contributed by atoms with Crippen molar-refractivity contribution in [1.29, 1.82) is 0 Å². The van der Waals surface area contributed by atoms with Crippen LogP contribution in [0.2, 0.25) is 0 Å². The van der Waals surface area contributed by atoms with Crippen LogP contribution in [0.4, 0.5) is 26.3 Å². The second-order valence-electron chi connectivity index (χ2n) is 7.01. The number of hydrogen-bond acceptors (Lipinski definition) is 4. The molecule has 1 amide bonds. The number of aryl methyl sites for hydroxylation is 2. The van der Waals surface area contributed by atoms with E-state index >= 15 is 0 Å². The number of carbonyl (C=O) groups excluding carboxylic acids is 1. The Morgan fingerprint density at radius 1 is 1.10 bits per heavy atom. The first kappa shape index (κ1) is 21.1. The summed E-state index contributed by atoms with van der Waals surface area (Å²) in [4.78, 5) is 12.8. The van der Waals surface area contributed by atoms with Crippen LogP contribution in [0.3, 0.4) is 0 Å². The predicted molar refractivity (Wildman–Crippen MR) is 88.5 cm³/mol. The van der Waals surface area contributed by atoms with Crippen LogP contribution in [-0.2, 0) is 11.2 Å². The molecule has 0 spiro atoms. The van der Waals surface area contributed by atoms with Crippen LogP contribution in [0.1, 0.15) is 24.3 Å². The largest absolute Gasteiger partial charge is 0.421 e. The van der Waals surface area contributed by atoms with E-state index in [-0.39, 0.29) is 24.6 Å². The summed E-state index contributed by atoms with van der Waals surface area (Å²) in [6.45, 7) is -0.146. The molecule has 0 atom stereocenters. The average Bonchev–Trinajstić information content (AvgIpc) is 3.27. The van der Waals surface area contributed by atoms with Gasteiger partial charge in [-0.05, 0) is 25.5 Å². The summed E-state index contributed by atoms with van der Waals surface area (Å²) >= 11 is 0. The van der Waals surface area contributed by atoms with E-state index in [1.807, 2.05) is 19.1 Å². The van der Waals surface area contributed by atoms with Crippen LogP contribution in [0.25, 0.3) is 11.5 Å². The van der Waals surface area contributed by atoms with E-state index in [1.165, 1.54) is 0 Å². The number of nitrogens with zero attached hydrogens (tertiary/aromatic N) is 3. The molecule has 0 aliphatic carbocycles. The number of hydrogen-bond donors (Lipinski definition) is 0. The highest BCUT2D eigenvalue weighted by Gasteiger charge is 2.72. The van der Waals surface area contributed by atoms with Gasteiger partial charge in [0.1, 0.15) is 0 Å². The second-order valence-corrected chi connectivity index (χ2v) is 7.01. The van der Waals surface area contributed by atoms with Gasteiger partial charge >= 0.3 is 12.4 Å². The molecule has 5 nitrogen and oxygen atoms in total. The predicted octanol–water partition coefficient (Wildman–Crippen LogP) is 4.32. The van der Waals surface area contributed by atoms with Crippen molar-refractivity contribution in [2.75, 3.05) is 13.1 Å². The summed E-state index contributed by atoms with van der Waals surface area (Å²) in [5.41, 5.74) is -2.21. The van der Waals surface area contributed by atoms with E-state index in [0.717, 1.165) is 5.56 Å². The number of halogens is 6. The summed E-state index contributed by atoms with van der Waals surface area (Å²) in [5, 5.41) is 7.61. The van der Waals surface area contributed by atoms with E-state index in [1.54, 1.807) is 12.1 Å². The fourth-order valence-electron chi connectivity index (χ4n) is 3.19. The normalized spacial score (nSPS) is 17.0. The molecule has 2 heterocycles. The zero-order valence-electron chi connectivity index (χ0n) is 15.3. The molecule has 1 aliphatic heterocycles. The standard InChI is InChI=1S/C18H17F6N3O2/c1-11-2-4-12(5-3-11)15-26-25-13(29-15)6-7-14(28)27-9-8-16(10-27,17(19,20)21)18(22,23)24/h2-5H,6-10H2,1H3. The van der Waals surface area contributed by atoms with Gasteiger partial charge in [-0.15, -0.1) is 10.2 Å². The molecule has 0 N–H and O–H groups in total. The minimum absolute atomic E-state index is 0.0750. The Hall–Kier alpha value is -2.59. The highest BCUT2D eigenvalue weighted by atomic mass is 19.4. The van der Waals surface area contributed by atoms with Crippen molar-refractivity contribution in [1.82, 2.24) is 15.1 Å². The molecular weight excluding hydrogens is 404 g/mol. The van der Waals surface area contributed by atoms with Crippen molar-refractivity contribution in [3.05, 3.63) is 35.7 Å². The summed E-state index contributed by atoms with van der Waals surface area (Å²) < 4.78 is 84.0. The molecule has 0 unspecified atom stereocenters. The Morgan fingerprint density at radius 3 is 2.28 bits per heavy atom. The van der Waals surface area contributed by atoms with Crippen molar-refractivity contribution in [2.24, 2.45) is 5.41 Å². The number of rotatable bonds is 4. The SMILES string of the molecule is Cc1ccc(-c2nnc(CCC(=O)N3CCC(C(F)(F)F)(C(F)(F)F)C3)o2)cc1. The van der Waals surface area contributed by atoms with E-state index in [9.17, 15) is 31.1 Å². The highest BCUT2D eigenvalue weighted by Crippen LogP contribution is 2.55. The van der Waals surface area contributed by atoms with Crippen molar-refractivity contribution in [2.45, 2.75) is 38.5 Å². The van der Waals surface area contributed by atoms with Gasteiger partial charge in [0.2, 0.25) is 17.7 Å². The Kier molecular flexibility index (Phi) is 5.35. The maximum absolute atomic E-state index is 13.1. The monoisotopic (exact) mass is 421 g/mol. The number of benzene rings is 1. The molecule has 0 saturated carbocycles. The maximum Gasteiger partial charge on any atom is 0.404 e. The summed E-state index contributed by atoms with van der Waals surface area (Å²) in [5.74, 6) is -0.539. The van der Waals surface area contributed by atoms with Crippen molar-refractivity contribution < 1.29 is 35.6 Å². The number of likely N-dealkylation sites (tertiary alicyclic amines) is 1. The summed E-state index contributed by atoms with van der Waals surface area (Å²) in [6, 6.07) is 7.19. The summed E-state index contributed by atoms with van der Waals surface area (Å²) in [7, 11) is 0. The van der Waals surface area contributed by atoms with Crippen LogP contribution in [0, 0.1) is 12.3 Å².